The summed E-state index contributed by atoms with van der Waals surface area (Å²) in [5.74, 6) is -0.103. The van der Waals surface area contributed by atoms with Crippen LogP contribution in [0.25, 0.3) is 6.08 Å². The number of nitriles is 1. The molecule has 1 aromatic carbocycles. The molecule has 0 fully saturated rings. The highest BCUT2D eigenvalue weighted by molar-refractivity contribution is 5.92. The Morgan fingerprint density at radius 1 is 1.33 bits per heavy atom. The maximum absolute atomic E-state index is 12.5. The van der Waals surface area contributed by atoms with Crippen LogP contribution >= 0.6 is 0 Å². The second-order valence-corrected chi connectivity index (χ2v) is 5.72. The number of aryl methyl sites for hydroxylation is 2. The number of carbonyl (C=O) groups is 1. The van der Waals surface area contributed by atoms with Crippen LogP contribution in [0.1, 0.15) is 28.7 Å². The zero-order valence-electron chi connectivity index (χ0n) is 14.1. The number of hydrogen-bond acceptors (Lipinski definition) is 3. The molecule has 0 unspecified atom stereocenters. The average molecular weight is 319 g/mol. The summed E-state index contributed by atoms with van der Waals surface area (Å²) in [6.07, 6.45) is 7.15. The zero-order chi connectivity index (χ0) is 17.4. The van der Waals surface area contributed by atoms with E-state index in [1.807, 2.05) is 44.2 Å². The third-order valence-electron chi connectivity index (χ3n) is 3.73. The molecular formula is C20H21N3O. The molecule has 0 spiro atoms. The third-order valence-corrected chi connectivity index (χ3v) is 3.73. The molecule has 1 heterocycles. The largest absolute Gasteiger partial charge is 0.334 e. The van der Waals surface area contributed by atoms with Crippen molar-refractivity contribution in [1.82, 2.24) is 9.88 Å². The van der Waals surface area contributed by atoms with Gasteiger partial charge in [0.15, 0.2) is 0 Å². The molecule has 0 radical (unpaired) electrons. The standard InChI is InChI=1S/C20H21N3O/c1-16-6-7-19(17(2)13-16)8-9-20(24)23(12-4-10-21)15-18-5-3-11-22-14-18/h3,5-9,11,13-14H,4,12,15H2,1-2H3/b9-8+. The van der Waals surface area contributed by atoms with Gasteiger partial charge in [-0.15, -0.1) is 0 Å². The first-order valence-electron chi connectivity index (χ1n) is 7.90. The van der Waals surface area contributed by atoms with E-state index in [1.165, 1.54) is 5.56 Å². The lowest BCUT2D eigenvalue weighted by molar-refractivity contribution is -0.126. The van der Waals surface area contributed by atoms with Crippen LogP contribution in [0.15, 0.2) is 48.8 Å². The smallest absolute Gasteiger partial charge is 0.246 e. The highest BCUT2D eigenvalue weighted by Gasteiger charge is 2.11. The van der Waals surface area contributed by atoms with E-state index in [4.69, 9.17) is 5.26 Å². The fourth-order valence-electron chi connectivity index (χ4n) is 2.44. The fraction of sp³-hybridized carbons (Fsp3) is 0.250. The molecule has 0 N–H and O–H groups in total. The van der Waals surface area contributed by atoms with Crippen LogP contribution < -0.4 is 0 Å². The van der Waals surface area contributed by atoms with Gasteiger partial charge in [0, 0.05) is 31.6 Å². The Labute approximate surface area is 143 Å². The summed E-state index contributed by atoms with van der Waals surface area (Å²) in [4.78, 5) is 18.3. The summed E-state index contributed by atoms with van der Waals surface area (Å²) < 4.78 is 0. The number of aromatic nitrogens is 1. The second kappa shape index (κ2) is 8.64. The molecule has 0 aliphatic heterocycles. The predicted octanol–water partition coefficient (Wildman–Crippen LogP) is 3.65. The number of hydrogen-bond donors (Lipinski definition) is 0. The van der Waals surface area contributed by atoms with E-state index in [0.717, 1.165) is 16.7 Å². The molecule has 4 nitrogen and oxygen atoms in total. The molecule has 0 atom stereocenters. The summed E-state index contributed by atoms with van der Waals surface area (Å²) in [6.45, 7) is 4.93. The van der Waals surface area contributed by atoms with E-state index < -0.39 is 0 Å². The van der Waals surface area contributed by atoms with Crippen LogP contribution in [0, 0.1) is 25.2 Å². The molecule has 0 saturated carbocycles. The summed E-state index contributed by atoms with van der Waals surface area (Å²) in [5.41, 5.74) is 4.30. The first-order valence-corrected chi connectivity index (χ1v) is 7.90. The van der Waals surface area contributed by atoms with Gasteiger partial charge in [-0.1, -0.05) is 29.8 Å². The van der Waals surface area contributed by atoms with Gasteiger partial charge in [-0.3, -0.25) is 9.78 Å². The van der Waals surface area contributed by atoms with E-state index in [2.05, 4.69) is 17.1 Å². The maximum Gasteiger partial charge on any atom is 0.246 e. The zero-order valence-corrected chi connectivity index (χ0v) is 14.1. The maximum atomic E-state index is 12.5. The highest BCUT2D eigenvalue weighted by Crippen LogP contribution is 2.13. The van der Waals surface area contributed by atoms with Crippen LogP contribution in [0.4, 0.5) is 0 Å². The van der Waals surface area contributed by atoms with Crippen molar-refractivity contribution in [2.75, 3.05) is 6.54 Å². The van der Waals surface area contributed by atoms with Gasteiger partial charge in [0.25, 0.3) is 0 Å². The number of rotatable bonds is 6. The Morgan fingerprint density at radius 2 is 2.17 bits per heavy atom. The van der Waals surface area contributed by atoms with Crippen LogP contribution in [-0.4, -0.2) is 22.3 Å². The summed E-state index contributed by atoms with van der Waals surface area (Å²) in [7, 11) is 0. The molecule has 24 heavy (non-hydrogen) atoms. The van der Waals surface area contributed by atoms with E-state index in [-0.39, 0.29) is 5.91 Å². The van der Waals surface area contributed by atoms with Gasteiger partial charge in [-0.2, -0.15) is 5.26 Å². The van der Waals surface area contributed by atoms with Gasteiger partial charge < -0.3 is 4.90 Å². The Bertz CT molecular complexity index is 760. The Balaban J connectivity index is 2.12. The highest BCUT2D eigenvalue weighted by atomic mass is 16.2. The van der Waals surface area contributed by atoms with Crippen molar-refractivity contribution in [2.45, 2.75) is 26.8 Å². The minimum Gasteiger partial charge on any atom is -0.334 e. The Hall–Kier alpha value is -2.93. The molecule has 1 aromatic heterocycles. The molecule has 2 rings (SSSR count). The Morgan fingerprint density at radius 3 is 2.83 bits per heavy atom. The van der Waals surface area contributed by atoms with Gasteiger partial charge in [0.05, 0.1) is 12.5 Å². The van der Waals surface area contributed by atoms with Crippen LogP contribution in [0.3, 0.4) is 0 Å². The van der Waals surface area contributed by atoms with Crippen molar-refractivity contribution in [3.63, 3.8) is 0 Å². The fourth-order valence-corrected chi connectivity index (χ4v) is 2.44. The van der Waals surface area contributed by atoms with E-state index in [9.17, 15) is 4.79 Å². The number of benzene rings is 1. The van der Waals surface area contributed by atoms with Crippen molar-refractivity contribution < 1.29 is 4.79 Å². The van der Waals surface area contributed by atoms with Gasteiger partial charge in [-0.05, 0) is 42.7 Å². The first-order chi connectivity index (χ1) is 11.6. The van der Waals surface area contributed by atoms with E-state index in [0.29, 0.717) is 19.5 Å². The van der Waals surface area contributed by atoms with E-state index in [1.54, 1.807) is 23.4 Å². The second-order valence-electron chi connectivity index (χ2n) is 5.72. The molecule has 0 aliphatic rings. The van der Waals surface area contributed by atoms with Gasteiger partial charge >= 0.3 is 0 Å². The Kier molecular flexibility index (Phi) is 6.27. The monoisotopic (exact) mass is 319 g/mol. The van der Waals surface area contributed by atoms with Crippen molar-refractivity contribution in [2.24, 2.45) is 0 Å². The summed E-state index contributed by atoms with van der Waals surface area (Å²) in [5, 5.41) is 8.81. The van der Waals surface area contributed by atoms with Crippen molar-refractivity contribution in [3.8, 4) is 6.07 Å². The lowest BCUT2D eigenvalue weighted by Gasteiger charge is -2.20. The van der Waals surface area contributed by atoms with E-state index >= 15 is 0 Å². The van der Waals surface area contributed by atoms with Crippen LogP contribution in [0.2, 0.25) is 0 Å². The molecule has 0 bridgehead atoms. The molecule has 0 saturated heterocycles. The lowest BCUT2D eigenvalue weighted by atomic mass is 10.1. The van der Waals surface area contributed by atoms with Crippen molar-refractivity contribution >= 4 is 12.0 Å². The van der Waals surface area contributed by atoms with Crippen molar-refractivity contribution in [1.29, 1.82) is 5.26 Å². The van der Waals surface area contributed by atoms with Gasteiger partial charge in [0.2, 0.25) is 5.91 Å². The summed E-state index contributed by atoms with van der Waals surface area (Å²) >= 11 is 0. The first kappa shape index (κ1) is 17.4. The van der Waals surface area contributed by atoms with Crippen molar-refractivity contribution in [3.05, 3.63) is 71.1 Å². The van der Waals surface area contributed by atoms with Gasteiger partial charge in [-0.25, -0.2) is 0 Å². The molecule has 0 aliphatic carbocycles. The molecule has 4 heteroatoms. The number of amides is 1. The number of pyridine rings is 1. The predicted molar refractivity (Wildman–Crippen MR) is 94.8 cm³/mol. The lowest BCUT2D eigenvalue weighted by Crippen LogP contribution is -2.29. The van der Waals surface area contributed by atoms with Crippen LogP contribution in [-0.2, 0) is 11.3 Å². The molecular weight excluding hydrogens is 298 g/mol. The molecule has 2 aromatic rings. The number of carbonyl (C=O) groups excluding carboxylic acids is 1. The summed E-state index contributed by atoms with van der Waals surface area (Å²) in [6, 6.07) is 12.0. The number of nitrogens with zero attached hydrogens (tertiary/aromatic N) is 3. The SMILES string of the molecule is Cc1ccc(/C=C/C(=O)N(CCC#N)Cc2cccnc2)c(C)c1. The quantitative estimate of drug-likeness (QED) is 0.764. The molecule has 122 valence electrons. The normalized spacial score (nSPS) is 10.5. The third kappa shape index (κ3) is 5.06. The topological polar surface area (TPSA) is 57.0 Å². The van der Waals surface area contributed by atoms with Gasteiger partial charge in [0.1, 0.15) is 0 Å². The van der Waals surface area contributed by atoms with Crippen LogP contribution in [0.5, 0.6) is 0 Å². The minimum absolute atomic E-state index is 0.103. The minimum atomic E-state index is -0.103. The molecule has 1 amide bonds. The average Bonchev–Trinajstić information content (AvgIpc) is 2.58.